The molecule has 7 heteroatoms. The molecule has 0 radical (unpaired) electrons. The fourth-order valence-corrected chi connectivity index (χ4v) is 3.17. The minimum atomic E-state index is -0.474. The Bertz CT molecular complexity index is 563. The summed E-state index contributed by atoms with van der Waals surface area (Å²) >= 11 is 9.30. The van der Waals surface area contributed by atoms with Gasteiger partial charge < -0.3 is 15.4 Å². The van der Waals surface area contributed by atoms with E-state index in [2.05, 4.69) is 31.5 Å². The number of carbonyl (C=O) groups excluding carboxylic acids is 1. The molecule has 2 rings (SSSR count). The minimum Gasteiger partial charge on any atom is -0.444 e. The van der Waals surface area contributed by atoms with Gasteiger partial charge in [0.1, 0.15) is 10.8 Å². The highest BCUT2D eigenvalue weighted by molar-refractivity contribution is 9.10. The van der Waals surface area contributed by atoms with Crippen molar-refractivity contribution in [3.05, 3.63) is 21.9 Å². The maximum atomic E-state index is 11.8. The molecule has 1 aliphatic carbocycles. The van der Waals surface area contributed by atoms with Crippen LogP contribution in [0.1, 0.15) is 40.0 Å². The summed E-state index contributed by atoms with van der Waals surface area (Å²) in [5.74, 6) is 0.372. The van der Waals surface area contributed by atoms with Crippen molar-refractivity contribution in [3.8, 4) is 0 Å². The Kier molecular flexibility index (Phi) is 6.14. The second-order valence-corrected chi connectivity index (χ2v) is 8.03. The summed E-state index contributed by atoms with van der Waals surface area (Å²) in [6.45, 7) is 6.18. The number of nitrogens with one attached hydrogen (secondary N) is 2. The van der Waals surface area contributed by atoms with Gasteiger partial charge in [0.15, 0.2) is 0 Å². The molecule has 2 unspecified atom stereocenters. The largest absolute Gasteiger partial charge is 0.444 e. The second-order valence-electron chi connectivity index (χ2n) is 6.82. The second kappa shape index (κ2) is 7.71. The molecule has 0 aliphatic heterocycles. The number of nitrogens with zero attached hydrogens (tertiary/aromatic N) is 1. The third-order valence-electron chi connectivity index (χ3n) is 3.71. The Morgan fingerprint density at radius 3 is 2.87 bits per heavy atom. The van der Waals surface area contributed by atoms with Gasteiger partial charge >= 0.3 is 6.09 Å². The molecule has 1 fully saturated rings. The van der Waals surface area contributed by atoms with E-state index in [0.29, 0.717) is 23.7 Å². The van der Waals surface area contributed by atoms with Crippen LogP contribution in [0.3, 0.4) is 0 Å². The average Bonchev–Trinajstić information content (AvgIpc) is 2.86. The van der Waals surface area contributed by atoms with Crippen LogP contribution < -0.4 is 10.6 Å². The van der Waals surface area contributed by atoms with Gasteiger partial charge in [-0.25, -0.2) is 9.78 Å². The van der Waals surface area contributed by atoms with Gasteiger partial charge in [-0.05, 0) is 61.5 Å². The highest BCUT2D eigenvalue weighted by Gasteiger charge is 2.28. The van der Waals surface area contributed by atoms with Crippen molar-refractivity contribution in [1.29, 1.82) is 0 Å². The molecule has 1 saturated carbocycles. The van der Waals surface area contributed by atoms with E-state index in [9.17, 15) is 4.79 Å². The number of ether oxygens (including phenoxy) is 1. The summed E-state index contributed by atoms with van der Waals surface area (Å²) in [6, 6.07) is 2.23. The first-order valence-electron chi connectivity index (χ1n) is 7.79. The first-order valence-corrected chi connectivity index (χ1v) is 8.96. The van der Waals surface area contributed by atoms with Crippen LogP contribution >= 0.6 is 27.5 Å². The number of rotatable bonds is 4. The number of carbonyl (C=O) groups is 1. The fraction of sp³-hybridized carbons (Fsp3) is 0.625. The Balaban J connectivity index is 1.87. The molecular formula is C16H23BrClN3O2. The molecule has 0 spiro atoms. The Morgan fingerprint density at radius 2 is 2.22 bits per heavy atom. The molecule has 23 heavy (non-hydrogen) atoms. The molecule has 2 atom stereocenters. The fourth-order valence-electron chi connectivity index (χ4n) is 2.71. The molecule has 1 amide bonds. The van der Waals surface area contributed by atoms with Gasteiger partial charge in [-0.15, -0.1) is 0 Å². The third-order valence-corrected chi connectivity index (χ3v) is 4.85. The predicted molar refractivity (Wildman–Crippen MR) is 95.9 cm³/mol. The molecule has 0 bridgehead atoms. The lowest BCUT2D eigenvalue weighted by molar-refractivity contribution is 0.0519. The highest BCUT2D eigenvalue weighted by Crippen LogP contribution is 2.30. The van der Waals surface area contributed by atoms with Crippen LogP contribution in [0.15, 0.2) is 16.7 Å². The van der Waals surface area contributed by atoms with Gasteiger partial charge in [-0.2, -0.15) is 0 Å². The molecule has 1 aromatic rings. The molecule has 128 valence electrons. The van der Waals surface area contributed by atoms with Gasteiger partial charge in [0.25, 0.3) is 0 Å². The predicted octanol–water partition coefficient (Wildman–Crippen LogP) is 4.60. The minimum absolute atomic E-state index is 0.305. The van der Waals surface area contributed by atoms with E-state index in [1.54, 1.807) is 6.20 Å². The summed E-state index contributed by atoms with van der Waals surface area (Å²) in [5, 5.41) is 6.81. The molecule has 0 aromatic carbocycles. The quantitative estimate of drug-likeness (QED) is 0.720. The standard InChI is InChI=1S/C16H23BrClN3O2/c1-16(2,3)23-15(22)20-8-10-5-4-6-13(10)21-11-7-12(17)14(18)19-9-11/h7,9-10,13,21H,4-6,8H2,1-3H3,(H,20,22). The number of hydrogen-bond acceptors (Lipinski definition) is 4. The topological polar surface area (TPSA) is 63.2 Å². The maximum Gasteiger partial charge on any atom is 0.407 e. The van der Waals surface area contributed by atoms with Crippen molar-refractivity contribution < 1.29 is 9.53 Å². The van der Waals surface area contributed by atoms with E-state index in [-0.39, 0.29) is 6.09 Å². The molecule has 2 N–H and O–H groups in total. The zero-order valence-corrected chi connectivity index (χ0v) is 16.0. The van der Waals surface area contributed by atoms with E-state index >= 15 is 0 Å². The monoisotopic (exact) mass is 403 g/mol. The van der Waals surface area contributed by atoms with Crippen molar-refractivity contribution in [1.82, 2.24) is 10.3 Å². The zero-order valence-electron chi connectivity index (χ0n) is 13.7. The van der Waals surface area contributed by atoms with Crippen LogP contribution in [0.2, 0.25) is 5.15 Å². The first kappa shape index (κ1) is 18.3. The summed E-state index contributed by atoms with van der Waals surface area (Å²) in [4.78, 5) is 15.9. The normalized spacial score (nSPS) is 21.1. The van der Waals surface area contributed by atoms with Crippen molar-refractivity contribution in [2.45, 2.75) is 51.7 Å². The van der Waals surface area contributed by atoms with Crippen LogP contribution in [-0.4, -0.2) is 29.3 Å². The molecular weight excluding hydrogens is 382 g/mol. The van der Waals surface area contributed by atoms with E-state index in [0.717, 1.165) is 29.4 Å². The summed E-state index contributed by atoms with van der Waals surface area (Å²) in [6.07, 6.45) is 4.65. The lowest BCUT2D eigenvalue weighted by Crippen LogP contribution is -2.38. The van der Waals surface area contributed by atoms with Gasteiger partial charge in [-0.1, -0.05) is 18.0 Å². The molecule has 1 aromatic heterocycles. The van der Waals surface area contributed by atoms with Crippen molar-refractivity contribution in [2.24, 2.45) is 5.92 Å². The Hall–Kier alpha value is -1.01. The third kappa shape index (κ3) is 5.84. The van der Waals surface area contributed by atoms with Gasteiger partial charge in [0.2, 0.25) is 0 Å². The van der Waals surface area contributed by atoms with E-state index in [1.807, 2.05) is 26.8 Å². The lowest BCUT2D eigenvalue weighted by atomic mass is 10.0. The number of halogens is 2. The van der Waals surface area contributed by atoms with Gasteiger partial charge in [0.05, 0.1) is 16.4 Å². The van der Waals surface area contributed by atoms with Crippen LogP contribution in [0.25, 0.3) is 0 Å². The number of anilines is 1. The van der Waals surface area contributed by atoms with Crippen LogP contribution in [0.5, 0.6) is 0 Å². The van der Waals surface area contributed by atoms with E-state index in [4.69, 9.17) is 16.3 Å². The van der Waals surface area contributed by atoms with Crippen molar-refractivity contribution in [2.75, 3.05) is 11.9 Å². The van der Waals surface area contributed by atoms with Crippen LogP contribution in [-0.2, 0) is 4.74 Å². The molecule has 0 saturated heterocycles. The number of amides is 1. The van der Waals surface area contributed by atoms with E-state index < -0.39 is 5.60 Å². The number of hydrogen-bond donors (Lipinski definition) is 2. The van der Waals surface area contributed by atoms with Crippen LogP contribution in [0.4, 0.5) is 10.5 Å². The van der Waals surface area contributed by atoms with E-state index in [1.165, 1.54) is 0 Å². The molecule has 5 nitrogen and oxygen atoms in total. The SMILES string of the molecule is CC(C)(C)OC(=O)NCC1CCCC1Nc1cnc(Cl)c(Br)c1. The molecule has 1 heterocycles. The highest BCUT2D eigenvalue weighted by atomic mass is 79.9. The molecule has 1 aliphatic rings. The van der Waals surface area contributed by atoms with Gasteiger partial charge in [0, 0.05) is 12.6 Å². The summed E-state index contributed by atoms with van der Waals surface area (Å²) in [7, 11) is 0. The number of alkyl carbamates (subject to hydrolysis) is 1. The van der Waals surface area contributed by atoms with Crippen molar-refractivity contribution in [3.63, 3.8) is 0 Å². The Labute approximate surface area is 150 Å². The summed E-state index contributed by atoms with van der Waals surface area (Å²) < 4.78 is 6.05. The van der Waals surface area contributed by atoms with Crippen molar-refractivity contribution >= 4 is 39.3 Å². The summed E-state index contributed by atoms with van der Waals surface area (Å²) in [5.41, 5.74) is 0.453. The van der Waals surface area contributed by atoms with Gasteiger partial charge in [-0.3, -0.25) is 0 Å². The number of aromatic nitrogens is 1. The maximum absolute atomic E-state index is 11.8. The zero-order chi connectivity index (χ0) is 17.0. The van der Waals surface area contributed by atoms with Crippen LogP contribution in [0, 0.1) is 5.92 Å². The average molecular weight is 405 g/mol. The Morgan fingerprint density at radius 1 is 1.48 bits per heavy atom. The first-order chi connectivity index (χ1) is 10.7. The lowest BCUT2D eigenvalue weighted by Gasteiger charge is -2.24. The smallest absolute Gasteiger partial charge is 0.407 e. The number of pyridine rings is 1.